The fraction of sp³-hybridized carbons (Fsp3) is 0.500. The van der Waals surface area contributed by atoms with Crippen LogP contribution in [0.25, 0.3) is 0 Å². The van der Waals surface area contributed by atoms with Gasteiger partial charge < -0.3 is 15.2 Å². The fourth-order valence-electron chi connectivity index (χ4n) is 1.42. The number of ether oxygens (including phenoxy) is 2. The van der Waals surface area contributed by atoms with Gasteiger partial charge in [-0.3, -0.25) is 0 Å². The van der Waals surface area contributed by atoms with Crippen molar-refractivity contribution in [2.75, 3.05) is 26.9 Å². The fourth-order valence-corrected chi connectivity index (χ4v) is 1.42. The molecule has 1 aromatic carbocycles. The molecule has 1 unspecified atom stereocenters. The van der Waals surface area contributed by atoms with E-state index in [1.165, 1.54) is 12.1 Å². The summed E-state index contributed by atoms with van der Waals surface area (Å²) in [5.41, 5.74) is 5.94. The second kappa shape index (κ2) is 7.32. The summed E-state index contributed by atoms with van der Waals surface area (Å²) < 4.78 is 36.3. The highest BCUT2D eigenvalue weighted by Gasteiger charge is 2.14. The topological polar surface area (TPSA) is 44.5 Å². The maximum Gasteiger partial charge on any atom is 0.163 e. The van der Waals surface area contributed by atoms with Crippen LogP contribution in [0.4, 0.5) is 8.78 Å². The Balaban J connectivity index is 2.41. The van der Waals surface area contributed by atoms with E-state index in [1.54, 1.807) is 7.11 Å². The lowest BCUT2D eigenvalue weighted by atomic mass is 10.0. The molecule has 1 rings (SSSR count). The Morgan fingerprint density at radius 1 is 1.24 bits per heavy atom. The van der Waals surface area contributed by atoms with Gasteiger partial charge in [-0.15, -0.1) is 0 Å². The minimum atomic E-state index is -0.878. The quantitative estimate of drug-likeness (QED) is 0.747. The van der Waals surface area contributed by atoms with Crippen LogP contribution in [0.3, 0.4) is 0 Å². The molecule has 0 aliphatic rings. The minimum absolute atomic E-state index is 0.181. The zero-order valence-electron chi connectivity index (χ0n) is 9.79. The Bertz CT molecular complexity index is 347. The first-order valence-electron chi connectivity index (χ1n) is 5.43. The van der Waals surface area contributed by atoms with Gasteiger partial charge in [0, 0.05) is 25.3 Å². The van der Waals surface area contributed by atoms with Crippen LogP contribution in [-0.4, -0.2) is 26.9 Å². The Morgan fingerprint density at radius 3 is 2.71 bits per heavy atom. The maximum atomic E-state index is 13.4. The molecule has 1 atom stereocenters. The molecule has 0 heterocycles. The van der Waals surface area contributed by atoms with Crippen LogP contribution >= 0.6 is 0 Å². The molecule has 1 aromatic rings. The van der Waals surface area contributed by atoms with Gasteiger partial charge in [-0.2, -0.15) is 0 Å². The van der Waals surface area contributed by atoms with E-state index < -0.39 is 17.7 Å². The normalized spacial score (nSPS) is 12.7. The molecule has 0 saturated carbocycles. The molecule has 0 radical (unpaired) electrons. The number of rotatable bonds is 7. The summed E-state index contributed by atoms with van der Waals surface area (Å²) in [6, 6.07) is 3.44. The Labute approximate surface area is 99.5 Å². The van der Waals surface area contributed by atoms with E-state index in [2.05, 4.69) is 0 Å². The Hall–Kier alpha value is -1.04. The SMILES string of the molecule is COCCOCCC(N)c1cccc(F)c1F. The van der Waals surface area contributed by atoms with Crippen LogP contribution < -0.4 is 5.73 Å². The van der Waals surface area contributed by atoms with Crippen molar-refractivity contribution in [2.45, 2.75) is 12.5 Å². The van der Waals surface area contributed by atoms with Crippen molar-refractivity contribution < 1.29 is 18.3 Å². The molecule has 3 nitrogen and oxygen atoms in total. The number of methoxy groups -OCH3 is 1. The number of halogens is 2. The summed E-state index contributed by atoms with van der Waals surface area (Å²) in [5.74, 6) is -1.75. The highest BCUT2D eigenvalue weighted by molar-refractivity contribution is 5.22. The molecular weight excluding hydrogens is 228 g/mol. The van der Waals surface area contributed by atoms with Crippen molar-refractivity contribution in [1.29, 1.82) is 0 Å². The summed E-state index contributed by atoms with van der Waals surface area (Å²) in [6.45, 7) is 1.36. The third kappa shape index (κ3) is 4.38. The molecule has 0 spiro atoms. The molecule has 17 heavy (non-hydrogen) atoms. The lowest BCUT2D eigenvalue weighted by molar-refractivity contribution is 0.0670. The van der Waals surface area contributed by atoms with Crippen LogP contribution in [0.5, 0.6) is 0 Å². The van der Waals surface area contributed by atoms with Crippen molar-refractivity contribution in [3.05, 3.63) is 35.4 Å². The van der Waals surface area contributed by atoms with Crippen LogP contribution in [0.15, 0.2) is 18.2 Å². The van der Waals surface area contributed by atoms with E-state index in [9.17, 15) is 8.78 Å². The summed E-state index contributed by atoms with van der Waals surface area (Å²) in [7, 11) is 1.58. The molecule has 96 valence electrons. The summed E-state index contributed by atoms with van der Waals surface area (Å²) in [4.78, 5) is 0. The summed E-state index contributed by atoms with van der Waals surface area (Å²) in [6.07, 6.45) is 0.435. The predicted molar refractivity (Wildman–Crippen MR) is 60.6 cm³/mol. The molecule has 0 saturated heterocycles. The van der Waals surface area contributed by atoms with Crippen LogP contribution in [0.1, 0.15) is 18.0 Å². The zero-order valence-corrected chi connectivity index (χ0v) is 9.79. The molecular formula is C12H17F2NO2. The van der Waals surface area contributed by atoms with Gasteiger partial charge in [-0.05, 0) is 12.5 Å². The van der Waals surface area contributed by atoms with Gasteiger partial charge >= 0.3 is 0 Å². The highest BCUT2D eigenvalue weighted by Crippen LogP contribution is 2.19. The van der Waals surface area contributed by atoms with Crippen molar-refractivity contribution in [3.63, 3.8) is 0 Å². The number of hydrogen-bond acceptors (Lipinski definition) is 3. The smallest absolute Gasteiger partial charge is 0.163 e. The lowest BCUT2D eigenvalue weighted by Gasteiger charge is -2.13. The Kier molecular flexibility index (Phi) is 6.04. The second-order valence-corrected chi connectivity index (χ2v) is 3.64. The average molecular weight is 245 g/mol. The third-order valence-electron chi connectivity index (χ3n) is 2.39. The lowest BCUT2D eigenvalue weighted by Crippen LogP contribution is -2.16. The standard InChI is InChI=1S/C12H17F2NO2/c1-16-7-8-17-6-5-11(15)9-3-2-4-10(13)12(9)14/h2-4,11H,5-8,15H2,1H3. The molecule has 0 aliphatic heterocycles. The average Bonchev–Trinajstić information content (AvgIpc) is 2.32. The monoisotopic (exact) mass is 245 g/mol. The van der Waals surface area contributed by atoms with Crippen molar-refractivity contribution in [1.82, 2.24) is 0 Å². The van der Waals surface area contributed by atoms with E-state index >= 15 is 0 Å². The largest absolute Gasteiger partial charge is 0.382 e. The van der Waals surface area contributed by atoms with Crippen molar-refractivity contribution >= 4 is 0 Å². The van der Waals surface area contributed by atoms with Crippen LogP contribution in [-0.2, 0) is 9.47 Å². The van der Waals surface area contributed by atoms with Crippen molar-refractivity contribution in [2.24, 2.45) is 5.73 Å². The first-order valence-corrected chi connectivity index (χ1v) is 5.43. The van der Waals surface area contributed by atoms with E-state index in [-0.39, 0.29) is 5.56 Å². The van der Waals surface area contributed by atoms with Crippen LogP contribution in [0, 0.1) is 11.6 Å². The van der Waals surface area contributed by atoms with E-state index in [0.29, 0.717) is 26.2 Å². The Morgan fingerprint density at radius 2 is 2.00 bits per heavy atom. The molecule has 0 bridgehead atoms. The number of benzene rings is 1. The van der Waals surface area contributed by atoms with Gasteiger partial charge in [0.05, 0.1) is 13.2 Å². The van der Waals surface area contributed by atoms with Gasteiger partial charge in [0.15, 0.2) is 11.6 Å². The van der Waals surface area contributed by atoms with Gasteiger partial charge in [0.25, 0.3) is 0 Å². The summed E-state index contributed by atoms with van der Waals surface area (Å²) in [5, 5.41) is 0. The minimum Gasteiger partial charge on any atom is -0.382 e. The van der Waals surface area contributed by atoms with E-state index in [0.717, 1.165) is 6.07 Å². The molecule has 0 amide bonds. The van der Waals surface area contributed by atoms with Gasteiger partial charge in [0.2, 0.25) is 0 Å². The maximum absolute atomic E-state index is 13.4. The van der Waals surface area contributed by atoms with Crippen molar-refractivity contribution in [3.8, 4) is 0 Å². The first-order chi connectivity index (χ1) is 8.16. The van der Waals surface area contributed by atoms with Gasteiger partial charge in [-0.25, -0.2) is 8.78 Å². The highest BCUT2D eigenvalue weighted by atomic mass is 19.2. The number of hydrogen-bond donors (Lipinski definition) is 1. The zero-order chi connectivity index (χ0) is 12.7. The third-order valence-corrected chi connectivity index (χ3v) is 2.39. The molecule has 0 fully saturated rings. The van der Waals surface area contributed by atoms with E-state index in [1.807, 2.05) is 0 Å². The molecule has 0 aromatic heterocycles. The molecule has 0 aliphatic carbocycles. The summed E-state index contributed by atoms with van der Waals surface area (Å²) >= 11 is 0. The van der Waals surface area contributed by atoms with E-state index in [4.69, 9.17) is 15.2 Å². The van der Waals surface area contributed by atoms with Crippen LogP contribution in [0.2, 0.25) is 0 Å². The van der Waals surface area contributed by atoms with Gasteiger partial charge in [0.1, 0.15) is 0 Å². The molecule has 5 heteroatoms. The number of nitrogens with two attached hydrogens (primary N) is 1. The second-order valence-electron chi connectivity index (χ2n) is 3.64. The van der Waals surface area contributed by atoms with Gasteiger partial charge in [-0.1, -0.05) is 12.1 Å². The first kappa shape index (κ1) is 14.0. The molecule has 2 N–H and O–H groups in total. The predicted octanol–water partition coefficient (Wildman–Crippen LogP) is 2.02.